The molecule has 146 valence electrons. The second kappa shape index (κ2) is 7.91. The molecule has 0 bridgehead atoms. The number of allylic oxidation sites excluding steroid dienone is 1. The van der Waals surface area contributed by atoms with Crippen molar-refractivity contribution in [2.45, 2.75) is 13.0 Å². The van der Waals surface area contributed by atoms with Crippen molar-refractivity contribution >= 4 is 17.6 Å². The van der Waals surface area contributed by atoms with E-state index in [2.05, 4.69) is 16.0 Å². The van der Waals surface area contributed by atoms with Gasteiger partial charge < -0.3 is 30.5 Å². The molecule has 1 atom stereocenters. The predicted molar refractivity (Wildman–Crippen MR) is 103 cm³/mol. The number of urea groups is 1. The molecule has 0 aliphatic carbocycles. The maximum Gasteiger partial charge on any atom is 0.319 e. The van der Waals surface area contributed by atoms with Crippen molar-refractivity contribution in [1.82, 2.24) is 10.6 Å². The van der Waals surface area contributed by atoms with Gasteiger partial charge in [0.1, 0.15) is 17.2 Å². The minimum absolute atomic E-state index is 0.0187. The minimum atomic E-state index is -0.806. The Labute approximate surface area is 162 Å². The molecule has 0 fully saturated rings. The third kappa shape index (κ3) is 3.71. The quantitative estimate of drug-likeness (QED) is 0.635. The normalized spacial score (nSPS) is 16.1. The van der Waals surface area contributed by atoms with Gasteiger partial charge in [-0.15, -0.1) is 0 Å². The van der Waals surface area contributed by atoms with E-state index in [1.165, 1.54) is 20.3 Å². The van der Waals surface area contributed by atoms with Crippen LogP contribution in [0.1, 0.15) is 18.5 Å². The molecule has 3 amide bonds. The Bertz CT molecular complexity index is 955. The van der Waals surface area contributed by atoms with Crippen LogP contribution in [0.3, 0.4) is 0 Å². The van der Waals surface area contributed by atoms with Crippen LogP contribution in [-0.4, -0.2) is 31.3 Å². The number of hydrogen-bond acceptors (Lipinski definition) is 5. The van der Waals surface area contributed by atoms with Crippen molar-refractivity contribution in [2.75, 3.05) is 19.5 Å². The van der Waals surface area contributed by atoms with E-state index in [0.29, 0.717) is 28.4 Å². The van der Waals surface area contributed by atoms with Crippen molar-refractivity contribution in [3.05, 3.63) is 59.3 Å². The van der Waals surface area contributed by atoms with Crippen LogP contribution in [0.4, 0.5) is 10.5 Å². The zero-order valence-corrected chi connectivity index (χ0v) is 15.7. The number of amides is 3. The summed E-state index contributed by atoms with van der Waals surface area (Å²) in [6, 6.07) is 10.3. The average Bonchev–Trinajstić information content (AvgIpc) is 2.67. The molecule has 0 aromatic heterocycles. The van der Waals surface area contributed by atoms with Crippen molar-refractivity contribution in [3.63, 3.8) is 0 Å². The summed E-state index contributed by atoms with van der Waals surface area (Å²) in [5.74, 6) is 0.554. The molecule has 1 unspecified atom stereocenters. The summed E-state index contributed by atoms with van der Waals surface area (Å²) < 4.78 is 10.5. The van der Waals surface area contributed by atoms with Crippen molar-refractivity contribution in [3.8, 4) is 17.2 Å². The summed E-state index contributed by atoms with van der Waals surface area (Å²) in [5, 5.41) is 18.3. The van der Waals surface area contributed by atoms with Crippen LogP contribution < -0.4 is 25.4 Å². The number of benzene rings is 2. The van der Waals surface area contributed by atoms with E-state index in [1.807, 2.05) is 0 Å². The van der Waals surface area contributed by atoms with Crippen LogP contribution in [0, 0.1) is 0 Å². The summed E-state index contributed by atoms with van der Waals surface area (Å²) in [5.41, 5.74) is 1.53. The monoisotopic (exact) mass is 383 g/mol. The number of anilines is 1. The maximum atomic E-state index is 13.1. The van der Waals surface area contributed by atoms with E-state index in [9.17, 15) is 14.7 Å². The van der Waals surface area contributed by atoms with Gasteiger partial charge in [-0.1, -0.05) is 18.2 Å². The van der Waals surface area contributed by atoms with E-state index in [4.69, 9.17) is 9.47 Å². The summed E-state index contributed by atoms with van der Waals surface area (Å²) in [4.78, 5) is 25.0. The Kier molecular flexibility index (Phi) is 5.39. The molecular weight excluding hydrogens is 362 g/mol. The van der Waals surface area contributed by atoms with Gasteiger partial charge in [0.2, 0.25) is 0 Å². The van der Waals surface area contributed by atoms with E-state index in [1.54, 1.807) is 43.3 Å². The first-order valence-corrected chi connectivity index (χ1v) is 8.54. The number of aromatic hydroxyl groups is 1. The smallest absolute Gasteiger partial charge is 0.319 e. The van der Waals surface area contributed by atoms with Crippen LogP contribution in [-0.2, 0) is 4.79 Å². The summed E-state index contributed by atoms with van der Waals surface area (Å²) in [7, 11) is 3.02. The molecule has 2 aromatic rings. The second-order valence-electron chi connectivity index (χ2n) is 6.15. The van der Waals surface area contributed by atoms with Gasteiger partial charge in [0.15, 0.2) is 0 Å². The summed E-state index contributed by atoms with van der Waals surface area (Å²) >= 11 is 0. The van der Waals surface area contributed by atoms with Crippen molar-refractivity contribution in [2.24, 2.45) is 0 Å². The van der Waals surface area contributed by atoms with Gasteiger partial charge >= 0.3 is 6.03 Å². The van der Waals surface area contributed by atoms with Gasteiger partial charge in [-0.25, -0.2) is 4.79 Å². The molecule has 0 saturated heterocycles. The van der Waals surface area contributed by atoms with Gasteiger partial charge in [0.05, 0.1) is 31.5 Å². The summed E-state index contributed by atoms with van der Waals surface area (Å²) in [6.45, 7) is 1.63. The SMILES string of the molecule is COc1ccc(NC(=O)C2=C(C)NC(=O)NC2c2ccccc2O)c(OC)c1. The van der Waals surface area contributed by atoms with Crippen LogP contribution in [0.2, 0.25) is 0 Å². The molecule has 2 aromatic carbocycles. The molecule has 1 aliphatic rings. The fourth-order valence-corrected chi connectivity index (χ4v) is 3.05. The molecule has 8 heteroatoms. The number of phenolic OH excluding ortho intramolecular Hbond substituents is 1. The number of carbonyl (C=O) groups excluding carboxylic acids is 2. The Balaban J connectivity index is 1.97. The second-order valence-corrected chi connectivity index (χ2v) is 6.15. The molecule has 1 aliphatic heterocycles. The van der Waals surface area contributed by atoms with Crippen molar-refractivity contribution in [1.29, 1.82) is 0 Å². The van der Waals surface area contributed by atoms with Gasteiger partial charge in [-0.3, -0.25) is 4.79 Å². The average molecular weight is 383 g/mol. The van der Waals surface area contributed by atoms with Crippen LogP contribution in [0.25, 0.3) is 0 Å². The molecule has 0 spiro atoms. The molecule has 4 N–H and O–H groups in total. The third-order valence-electron chi connectivity index (χ3n) is 4.42. The molecule has 0 saturated carbocycles. The number of ether oxygens (including phenoxy) is 2. The third-order valence-corrected chi connectivity index (χ3v) is 4.42. The molecule has 8 nitrogen and oxygen atoms in total. The highest BCUT2D eigenvalue weighted by Gasteiger charge is 2.32. The van der Waals surface area contributed by atoms with Gasteiger partial charge in [-0.05, 0) is 25.1 Å². The highest BCUT2D eigenvalue weighted by Crippen LogP contribution is 2.34. The lowest BCUT2D eigenvalue weighted by atomic mass is 9.94. The van der Waals surface area contributed by atoms with Gasteiger partial charge in [0.25, 0.3) is 5.91 Å². The number of para-hydroxylation sites is 1. The largest absolute Gasteiger partial charge is 0.508 e. The Morgan fingerprint density at radius 2 is 1.89 bits per heavy atom. The fraction of sp³-hybridized carbons (Fsp3) is 0.200. The molecule has 3 rings (SSSR count). The molecular formula is C20H21N3O5. The van der Waals surface area contributed by atoms with E-state index < -0.39 is 18.0 Å². The highest BCUT2D eigenvalue weighted by molar-refractivity contribution is 6.07. The van der Waals surface area contributed by atoms with Crippen LogP contribution >= 0.6 is 0 Å². The van der Waals surface area contributed by atoms with E-state index in [0.717, 1.165) is 0 Å². The van der Waals surface area contributed by atoms with Crippen LogP contribution in [0.5, 0.6) is 17.2 Å². The first-order valence-electron chi connectivity index (χ1n) is 8.54. The van der Waals surface area contributed by atoms with Gasteiger partial charge in [0, 0.05) is 17.3 Å². The van der Waals surface area contributed by atoms with Gasteiger partial charge in [-0.2, -0.15) is 0 Å². The fourth-order valence-electron chi connectivity index (χ4n) is 3.05. The lowest BCUT2D eigenvalue weighted by Gasteiger charge is -2.29. The maximum absolute atomic E-state index is 13.1. The Morgan fingerprint density at radius 1 is 1.14 bits per heavy atom. The first kappa shape index (κ1) is 19.1. The lowest BCUT2D eigenvalue weighted by molar-refractivity contribution is -0.113. The topological polar surface area (TPSA) is 109 Å². The van der Waals surface area contributed by atoms with Crippen molar-refractivity contribution < 1.29 is 24.2 Å². The standard InChI is InChI=1S/C20H21N3O5/c1-11-17(18(23-20(26)21-11)13-6-4-5-7-15(13)24)19(25)22-14-9-8-12(27-2)10-16(14)28-3/h4-10,18,24H,1-3H3,(H,22,25)(H2,21,23,26). The molecule has 28 heavy (non-hydrogen) atoms. The predicted octanol–water partition coefficient (Wildman–Crippen LogP) is 2.68. The number of nitrogens with one attached hydrogen (secondary N) is 3. The highest BCUT2D eigenvalue weighted by atomic mass is 16.5. The Morgan fingerprint density at radius 3 is 2.57 bits per heavy atom. The minimum Gasteiger partial charge on any atom is -0.508 e. The number of carbonyl (C=O) groups is 2. The summed E-state index contributed by atoms with van der Waals surface area (Å²) in [6.07, 6.45) is 0. The molecule has 0 radical (unpaired) electrons. The van der Waals surface area contributed by atoms with E-state index >= 15 is 0 Å². The first-order chi connectivity index (χ1) is 13.4. The zero-order valence-electron chi connectivity index (χ0n) is 15.7. The Hall–Kier alpha value is -3.68. The van der Waals surface area contributed by atoms with E-state index in [-0.39, 0.29) is 11.3 Å². The lowest BCUT2D eigenvalue weighted by Crippen LogP contribution is -2.46. The number of rotatable bonds is 5. The zero-order chi connectivity index (χ0) is 20.3. The number of phenols is 1. The molecule has 1 heterocycles. The number of hydrogen-bond donors (Lipinski definition) is 4. The van der Waals surface area contributed by atoms with Crippen LogP contribution in [0.15, 0.2) is 53.7 Å². The number of methoxy groups -OCH3 is 2.